The maximum Gasteiger partial charge on any atom is 2.00 e. The zero-order chi connectivity index (χ0) is 0. The van der Waals surface area contributed by atoms with E-state index in [1.165, 1.54) is 0 Å². The van der Waals surface area contributed by atoms with Crippen molar-refractivity contribution >= 4 is 0 Å². The molecule has 0 fully saturated rings. The van der Waals surface area contributed by atoms with Crippen molar-refractivity contribution in [3.8, 4) is 0 Å². The molecule has 0 aliphatic rings. The summed E-state index contributed by atoms with van der Waals surface area (Å²) in [6.45, 7) is 0. The molecular formula is CoO4W-6. The standard InChI is InChI=1S/Co.4O.W/q+2;4*-2;. The molecule has 0 saturated heterocycles. The Balaban J connectivity index is 0. The van der Waals surface area contributed by atoms with E-state index in [2.05, 4.69) is 0 Å². The van der Waals surface area contributed by atoms with Gasteiger partial charge in [0.05, 0.1) is 0 Å². The number of hydrogen-bond donors (Lipinski definition) is 0. The van der Waals surface area contributed by atoms with Crippen LogP contribution in [-0.4, -0.2) is 0 Å². The minimum atomic E-state index is 0. The molecule has 0 amide bonds. The van der Waals surface area contributed by atoms with Gasteiger partial charge in [-0.2, -0.15) is 0 Å². The molecule has 1 radical (unpaired) electrons. The molecular weight excluding hydrogens is 307 g/mol. The molecule has 0 aliphatic carbocycles. The molecule has 0 aliphatic heterocycles. The van der Waals surface area contributed by atoms with Crippen molar-refractivity contribution in [2.75, 3.05) is 0 Å². The van der Waals surface area contributed by atoms with E-state index < -0.39 is 0 Å². The molecule has 0 saturated carbocycles. The van der Waals surface area contributed by atoms with Crippen molar-refractivity contribution in [3.63, 3.8) is 0 Å². The molecule has 45 valence electrons. The van der Waals surface area contributed by atoms with Crippen LogP contribution in [-0.2, 0) is 59.7 Å². The minimum Gasteiger partial charge on any atom is -2.00 e. The second-order valence-corrected chi connectivity index (χ2v) is 0. The summed E-state index contributed by atoms with van der Waals surface area (Å²) in [5, 5.41) is 0. The van der Waals surface area contributed by atoms with Crippen LogP contribution in [0.15, 0.2) is 0 Å². The Morgan fingerprint density at radius 3 is 0.500 bits per heavy atom. The third-order valence-corrected chi connectivity index (χ3v) is 0. The fourth-order valence-corrected chi connectivity index (χ4v) is 0. The van der Waals surface area contributed by atoms with Crippen LogP contribution in [0, 0.1) is 0 Å². The van der Waals surface area contributed by atoms with Crippen LogP contribution in [0.25, 0.3) is 0 Å². The van der Waals surface area contributed by atoms with Gasteiger partial charge in [0.15, 0.2) is 0 Å². The van der Waals surface area contributed by atoms with Gasteiger partial charge in [0.25, 0.3) is 0 Å². The monoisotopic (exact) mass is 307 g/mol. The van der Waals surface area contributed by atoms with E-state index in [0.29, 0.717) is 0 Å². The largest absolute Gasteiger partial charge is 2.00 e. The van der Waals surface area contributed by atoms with Gasteiger partial charge < -0.3 is 21.9 Å². The van der Waals surface area contributed by atoms with E-state index in [4.69, 9.17) is 0 Å². The topological polar surface area (TPSA) is 114 Å². The maximum absolute atomic E-state index is 0. The molecule has 0 atom stereocenters. The van der Waals surface area contributed by atoms with Crippen molar-refractivity contribution < 1.29 is 59.7 Å². The Kier molecular flexibility index (Phi) is 5700. The molecule has 0 aromatic carbocycles. The number of hydrogen-bond acceptors (Lipinski definition) is 0. The van der Waals surface area contributed by atoms with Gasteiger partial charge in [-0.1, -0.05) is 0 Å². The Hall–Kier alpha value is 1.03. The van der Waals surface area contributed by atoms with E-state index in [1.807, 2.05) is 0 Å². The molecule has 0 unspecified atom stereocenters. The molecule has 0 N–H and O–H groups in total. The van der Waals surface area contributed by atoms with Crippen LogP contribution in [0.1, 0.15) is 0 Å². The summed E-state index contributed by atoms with van der Waals surface area (Å²) >= 11 is 0. The first-order valence-corrected chi connectivity index (χ1v) is 0. The molecule has 0 aromatic rings. The first-order chi connectivity index (χ1) is 0. The summed E-state index contributed by atoms with van der Waals surface area (Å²) < 4.78 is 0. The van der Waals surface area contributed by atoms with Gasteiger partial charge in [-0.3, -0.25) is 0 Å². The summed E-state index contributed by atoms with van der Waals surface area (Å²) in [5.74, 6) is 0. The minimum absolute atomic E-state index is 0. The van der Waals surface area contributed by atoms with Gasteiger partial charge in [0, 0.05) is 21.1 Å². The fourth-order valence-electron chi connectivity index (χ4n) is 0. The van der Waals surface area contributed by atoms with Gasteiger partial charge in [-0.15, -0.1) is 0 Å². The molecule has 0 rings (SSSR count). The van der Waals surface area contributed by atoms with Crippen molar-refractivity contribution in [2.45, 2.75) is 0 Å². The molecule has 6 heavy (non-hydrogen) atoms. The first kappa shape index (κ1) is 239. The third-order valence-electron chi connectivity index (χ3n) is 0. The van der Waals surface area contributed by atoms with Gasteiger partial charge in [0.2, 0.25) is 0 Å². The van der Waals surface area contributed by atoms with E-state index in [1.54, 1.807) is 0 Å². The van der Waals surface area contributed by atoms with Gasteiger partial charge in [-0.05, 0) is 0 Å². The predicted octanol–water partition coefficient (Wildman–Crippen LogP) is -0.480. The van der Waals surface area contributed by atoms with Crippen LogP contribution in [0.5, 0.6) is 0 Å². The Morgan fingerprint density at radius 2 is 0.500 bits per heavy atom. The zero-order valence-electron chi connectivity index (χ0n) is 2.37. The Labute approximate surface area is 60.0 Å². The van der Waals surface area contributed by atoms with Crippen molar-refractivity contribution in [1.82, 2.24) is 0 Å². The summed E-state index contributed by atoms with van der Waals surface area (Å²) in [7, 11) is 0. The van der Waals surface area contributed by atoms with E-state index >= 15 is 0 Å². The molecule has 6 heteroatoms. The smallest absolute Gasteiger partial charge is 2.00 e. The first-order valence-electron chi connectivity index (χ1n) is 0. The second-order valence-electron chi connectivity index (χ2n) is 0. The summed E-state index contributed by atoms with van der Waals surface area (Å²) in [4.78, 5) is 0. The summed E-state index contributed by atoms with van der Waals surface area (Å²) in [6.07, 6.45) is 0. The fraction of sp³-hybridized carbons (Fsp3) is 0. The average molecular weight is 307 g/mol. The van der Waals surface area contributed by atoms with E-state index in [9.17, 15) is 0 Å². The van der Waals surface area contributed by atoms with Crippen molar-refractivity contribution in [2.24, 2.45) is 0 Å². The van der Waals surface area contributed by atoms with E-state index in [-0.39, 0.29) is 59.7 Å². The van der Waals surface area contributed by atoms with Gasteiger partial charge >= 0.3 is 16.8 Å². The van der Waals surface area contributed by atoms with Gasteiger partial charge in [0.1, 0.15) is 0 Å². The van der Waals surface area contributed by atoms with Crippen LogP contribution >= 0.6 is 0 Å². The Bertz CT molecular complexity index is 7.51. The van der Waals surface area contributed by atoms with Crippen LogP contribution in [0.2, 0.25) is 0 Å². The van der Waals surface area contributed by atoms with Crippen LogP contribution in [0.3, 0.4) is 0 Å². The molecule has 0 spiro atoms. The maximum atomic E-state index is 0. The SMILES string of the molecule is [Co+2].[O-2].[O-2].[O-2].[O-2].[W]. The molecule has 0 aromatic heterocycles. The number of rotatable bonds is 0. The van der Waals surface area contributed by atoms with Crippen molar-refractivity contribution in [3.05, 3.63) is 0 Å². The average Bonchev–Trinajstić information content (AvgIpc) is 0. The zero-order valence-corrected chi connectivity index (χ0v) is 6.35. The molecule has 4 nitrogen and oxygen atoms in total. The third kappa shape index (κ3) is 76.5. The van der Waals surface area contributed by atoms with Crippen molar-refractivity contribution in [1.29, 1.82) is 0 Å². The predicted molar refractivity (Wildman–Crippen MR) is 2.75 cm³/mol. The second kappa shape index (κ2) is 143. The normalized spacial score (nSPS) is 0. The molecule has 0 bridgehead atoms. The Morgan fingerprint density at radius 1 is 0.500 bits per heavy atom. The van der Waals surface area contributed by atoms with Crippen LogP contribution < -0.4 is 0 Å². The summed E-state index contributed by atoms with van der Waals surface area (Å²) in [6, 6.07) is 0. The quantitative estimate of drug-likeness (QED) is 0.575. The summed E-state index contributed by atoms with van der Waals surface area (Å²) in [5.41, 5.74) is 0. The van der Waals surface area contributed by atoms with E-state index in [0.717, 1.165) is 0 Å². The molecule has 0 heterocycles. The van der Waals surface area contributed by atoms with Crippen LogP contribution in [0.4, 0.5) is 0 Å². The van der Waals surface area contributed by atoms with Gasteiger partial charge in [-0.25, -0.2) is 0 Å².